The lowest BCUT2D eigenvalue weighted by Crippen LogP contribution is -2.38. The smallest absolute Gasteiger partial charge is 0.228 e. The van der Waals surface area contributed by atoms with Crippen molar-refractivity contribution in [1.82, 2.24) is 10.2 Å². The highest BCUT2D eigenvalue weighted by atomic mass is 16.1. The van der Waals surface area contributed by atoms with E-state index in [1.807, 2.05) is 13.8 Å². The second-order valence-corrected chi connectivity index (χ2v) is 4.30. The van der Waals surface area contributed by atoms with Crippen molar-refractivity contribution in [3.05, 3.63) is 11.3 Å². The Hall–Kier alpha value is -1.36. The first kappa shape index (κ1) is 11.1. The summed E-state index contributed by atoms with van der Waals surface area (Å²) < 4.78 is 0. The van der Waals surface area contributed by atoms with Crippen LogP contribution in [0.5, 0.6) is 0 Å². The van der Waals surface area contributed by atoms with E-state index in [0.29, 0.717) is 0 Å². The average Bonchev–Trinajstić information content (AvgIpc) is 2.70. The van der Waals surface area contributed by atoms with E-state index in [1.54, 1.807) is 7.05 Å². The summed E-state index contributed by atoms with van der Waals surface area (Å²) in [7, 11) is 1.67. The Morgan fingerprint density at radius 1 is 1.56 bits per heavy atom. The second kappa shape index (κ2) is 3.90. The molecule has 0 aromatic rings. The maximum Gasteiger partial charge on any atom is 0.228 e. The van der Waals surface area contributed by atoms with Gasteiger partial charge in [0, 0.05) is 19.3 Å². The summed E-state index contributed by atoms with van der Waals surface area (Å²) in [6.45, 7) is 4.76. The SMILES string of the molecule is CNC(=O)C1CCN2C(C)=N[C@@H](N)C(C)=C12. The Bertz CT molecular complexity index is 385. The number of carbonyl (C=O) groups excluding carboxylic acids is 1. The number of carbonyl (C=O) groups is 1. The number of amidine groups is 1. The molecule has 0 spiro atoms. The molecule has 2 aliphatic rings. The number of nitrogens with one attached hydrogen (secondary N) is 1. The van der Waals surface area contributed by atoms with E-state index < -0.39 is 0 Å². The Morgan fingerprint density at radius 2 is 2.25 bits per heavy atom. The summed E-state index contributed by atoms with van der Waals surface area (Å²) in [6.07, 6.45) is 0.544. The Labute approximate surface area is 95.4 Å². The Balaban J connectivity index is 2.38. The molecule has 0 aromatic carbocycles. The highest BCUT2D eigenvalue weighted by Crippen LogP contribution is 2.34. The van der Waals surface area contributed by atoms with Crippen LogP contribution in [0.15, 0.2) is 16.3 Å². The third kappa shape index (κ3) is 1.51. The molecular formula is C11H18N4O. The van der Waals surface area contributed by atoms with Crippen LogP contribution < -0.4 is 11.1 Å². The highest BCUT2D eigenvalue weighted by Gasteiger charge is 2.38. The van der Waals surface area contributed by atoms with Crippen molar-refractivity contribution in [1.29, 1.82) is 0 Å². The van der Waals surface area contributed by atoms with E-state index >= 15 is 0 Å². The standard InChI is InChI=1S/C11H18N4O/c1-6-9-8(11(16)13-3)4-5-15(9)7(2)14-10(6)12/h8,10H,4-5,12H2,1-3H3,(H,13,16)/t8?,10-/m1/s1. The number of hydrogen-bond donors (Lipinski definition) is 2. The number of nitrogens with two attached hydrogens (primary N) is 1. The molecular weight excluding hydrogens is 204 g/mol. The molecule has 2 rings (SSSR count). The molecule has 0 aromatic heterocycles. The number of fused-ring (bicyclic) bond motifs is 1. The van der Waals surface area contributed by atoms with Gasteiger partial charge in [0.1, 0.15) is 12.0 Å². The first-order valence-electron chi connectivity index (χ1n) is 5.56. The van der Waals surface area contributed by atoms with Crippen molar-refractivity contribution < 1.29 is 4.79 Å². The summed E-state index contributed by atoms with van der Waals surface area (Å²) in [5.74, 6) is 0.916. The van der Waals surface area contributed by atoms with Crippen LogP contribution in [0, 0.1) is 5.92 Å². The zero-order chi connectivity index (χ0) is 11.9. The van der Waals surface area contributed by atoms with Crippen LogP contribution in [-0.4, -0.2) is 36.4 Å². The maximum atomic E-state index is 11.8. The molecule has 2 heterocycles. The van der Waals surface area contributed by atoms with Crippen LogP contribution in [0.3, 0.4) is 0 Å². The fraction of sp³-hybridized carbons (Fsp3) is 0.636. The molecule has 0 bridgehead atoms. The second-order valence-electron chi connectivity index (χ2n) is 4.30. The molecule has 1 amide bonds. The first-order valence-corrected chi connectivity index (χ1v) is 5.56. The predicted octanol–water partition coefficient (Wildman–Crippen LogP) is 0.0451. The molecule has 0 aliphatic carbocycles. The molecule has 1 unspecified atom stereocenters. The van der Waals surface area contributed by atoms with E-state index in [-0.39, 0.29) is 18.0 Å². The summed E-state index contributed by atoms with van der Waals surface area (Å²) in [6, 6.07) is 0. The van der Waals surface area contributed by atoms with E-state index in [1.165, 1.54) is 0 Å². The van der Waals surface area contributed by atoms with Gasteiger partial charge < -0.3 is 16.0 Å². The average molecular weight is 222 g/mol. The predicted molar refractivity (Wildman–Crippen MR) is 62.7 cm³/mol. The van der Waals surface area contributed by atoms with Gasteiger partial charge in [0.05, 0.1) is 5.92 Å². The number of hydrogen-bond acceptors (Lipinski definition) is 4. The summed E-state index contributed by atoms with van der Waals surface area (Å²) >= 11 is 0. The van der Waals surface area contributed by atoms with Crippen LogP contribution >= 0.6 is 0 Å². The van der Waals surface area contributed by atoms with Gasteiger partial charge in [-0.25, -0.2) is 4.99 Å². The van der Waals surface area contributed by atoms with Gasteiger partial charge in [-0.15, -0.1) is 0 Å². The number of nitrogens with zero attached hydrogens (tertiary/aromatic N) is 2. The quantitative estimate of drug-likeness (QED) is 0.658. The molecule has 5 heteroatoms. The minimum atomic E-state index is -0.295. The van der Waals surface area contributed by atoms with E-state index in [4.69, 9.17) is 5.73 Å². The number of amides is 1. The molecule has 3 N–H and O–H groups in total. The van der Waals surface area contributed by atoms with E-state index in [9.17, 15) is 4.79 Å². The van der Waals surface area contributed by atoms with Crippen molar-refractivity contribution in [2.45, 2.75) is 26.4 Å². The third-order valence-corrected chi connectivity index (χ3v) is 3.39. The van der Waals surface area contributed by atoms with Crippen molar-refractivity contribution in [2.24, 2.45) is 16.6 Å². The molecule has 1 saturated heterocycles. The molecule has 16 heavy (non-hydrogen) atoms. The van der Waals surface area contributed by atoms with Gasteiger partial charge in [0.25, 0.3) is 0 Å². The van der Waals surface area contributed by atoms with Gasteiger partial charge in [-0.3, -0.25) is 4.79 Å². The van der Waals surface area contributed by atoms with Crippen LogP contribution in [0.4, 0.5) is 0 Å². The number of rotatable bonds is 1. The summed E-state index contributed by atoms with van der Waals surface area (Å²) in [5.41, 5.74) is 7.99. The van der Waals surface area contributed by atoms with Crippen molar-refractivity contribution in [2.75, 3.05) is 13.6 Å². The van der Waals surface area contributed by atoms with Gasteiger partial charge >= 0.3 is 0 Å². The molecule has 5 nitrogen and oxygen atoms in total. The summed E-state index contributed by atoms with van der Waals surface area (Å²) in [4.78, 5) is 18.2. The molecule has 0 saturated carbocycles. The molecule has 88 valence electrons. The highest BCUT2D eigenvalue weighted by molar-refractivity contribution is 5.88. The minimum Gasteiger partial charge on any atom is -0.359 e. The van der Waals surface area contributed by atoms with Crippen molar-refractivity contribution >= 4 is 11.7 Å². The van der Waals surface area contributed by atoms with Crippen LogP contribution in [0.2, 0.25) is 0 Å². The van der Waals surface area contributed by atoms with Gasteiger partial charge in [0.2, 0.25) is 5.91 Å². The largest absolute Gasteiger partial charge is 0.359 e. The fourth-order valence-corrected chi connectivity index (χ4v) is 2.48. The third-order valence-electron chi connectivity index (χ3n) is 3.39. The maximum absolute atomic E-state index is 11.8. The van der Waals surface area contributed by atoms with E-state index in [0.717, 1.165) is 30.1 Å². The lowest BCUT2D eigenvalue weighted by atomic mass is 9.98. The van der Waals surface area contributed by atoms with Crippen molar-refractivity contribution in [3.63, 3.8) is 0 Å². The topological polar surface area (TPSA) is 70.7 Å². The zero-order valence-electron chi connectivity index (χ0n) is 9.95. The van der Waals surface area contributed by atoms with Crippen LogP contribution in [-0.2, 0) is 4.79 Å². The lowest BCUT2D eigenvalue weighted by Gasteiger charge is -2.30. The van der Waals surface area contributed by atoms with Crippen LogP contribution in [0.25, 0.3) is 0 Å². The minimum absolute atomic E-state index is 0.0681. The zero-order valence-corrected chi connectivity index (χ0v) is 9.95. The van der Waals surface area contributed by atoms with Gasteiger partial charge in [-0.2, -0.15) is 0 Å². The summed E-state index contributed by atoms with van der Waals surface area (Å²) in [5, 5.41) is 2.71. The lowest BCUT2D eigenvalue weighted by molar-refractivity contribution is -0.123. The molecule has 2 aliphatic heterocycles. The normalized spacial score (nSPS) is 29.0. The van der Waals surface area contributed by atoms with Gasteiger partial charge in [-0.05, 0) is 25.8 Å². The molecule has 2 atom stereocenters. The van der Waals surface area contributed by atoms with Gasteiger partial charge in [-0.1, -0.05) is 0 Å². The van der Waals surface area contributed by atoms with Crippen LogP contribution in [0.1, 0.15) is 20.3 Å². The first-order chi connectivity index (χ1) is 7.56. The van der Waals surface area contributed by atoms with Crippen molar-refractivity contribution in [3.8, 4) is 0 Å². The monoisotopic (exact) mass is 222 g/mol. The number of aliphatic imine (C=N–C) groups is 1. The Kier molecular flexibility index (Phi) is 2.71. The fourth-order valence-electron chi connectivity index (χ4n) is 2.48. The van der Waals surface area contributed by atoms with E-state index in [2.05, 4.69) is 15.2 Å². The Morgan fingerprint density at radius 3 is 2.88 bits per heavy atom. The van der Waals surface area contributed by atoms with Gasteiger partial charge in [0.15, 0.2) is 0 Å². The molecule has 0 radical (unpaired) electrons. The molecule has 1 fully saturated rings.